The summed E-state index contributed by atoms with van der Waals surface area (Å²) in [6.45, 7) is 2.13. The maximum absolute atomic E-state index is 6.23. The van der Waals surface area contributed by atoms with E-state index in [1.165, 1.54) is 25.7 Å². The molecule has 0 amide bonds. The lowest BCUT2D eigenvalue weighted by molar-refractivity contribution is 0.726. The van der Waals surface area contributed by atoms with E-state index < -0.39 is 0 Å². The number of anilines is 2. The van der Waals surface area contributed by atoms with Crippen molar-refractivity contribution >= 4 is 23.1 Å². The van der Waals surface area contributed by atoms with Crippen LogP contribution >= 0.6 is 11.6 Å². The van der Waals surface area contributed by atoms with Crippen LogP contribution in [-0.4, -0.2) is 23.3 Å². The topological polar surface area (TPSA) is 55.0 Å². The van der Waals surface area contributed by atoms with Crippen molar-refractivity contribution in [3.05, 3.63) is 35.4 Å². The molecule has 0 unspecified atom stereocenters. The van der Waals surface area contributed by atoms with Gasteiger partial charge in [0.25, 0.3) is 0 Å². The molecule has 1 aliphatic heterocycles. The van der Waals surface area contributed by atoms with Crippen molar-refractivity contribution in [3.63, 3.8) is 0 Å². The van der Waals surface area contributed by atoms with Crippen LogP contribution in [0.1, 0.15) is 25.7 Å². The zero-order chi connectivity index (χ0) is 14.7. The summed E-state index contributed by atoms with van der Waals surface area (Å²) in [6, 6.07) is 9.56. The molecule has 2 heterocycles. The summed E-state index contributed by atoms with van der Waals surface area (Å²) in [5, 5.41) is 9.23. The maximum atomic E-state index is 6.23. The third-order valence-corrected chi connectivity index (χ3v) is 4.31. The summed E-state index contributed by atoms with van der Waals surface area (Å²) in [5.74, 6) is 0.945. The van der Waals surface area contributed by atoms with Crippen LogP contribution in [0.25, 0.3) is 11.3 Å². The average Bonchev–Trinajstić information content (AvgIpc) is 2.79. The smallest absolute Gasteiger partial charge is 0.151 e. The van der Waals surface area contributed by atoms with E-state index >= 15 is 0 Å². The lowest BCUT2D eigenvalue weighted by atomic mass is 10.1. The lowest BCUT2D eigenvalue weighted by Crippen LogP contribution is -2.25. The van der Waals surface area contributed by atoms with Crippen molar-refractivity contribution in [1.29, 1.82) is 0 Å². The Bertz CT molecular complexity index is 604. The Balaban J connectivity index is 1.85. The van der Waals surface area contributed by atoms with Gasteiger partial charge in [-0.25, -0.2) is 0 Å². The maximum Gasteiger partial charge on any atom is 0.151 e. The highest BCUT2D eigenvalue weighted by Crippen LogP contribution is 2.31. The van der Waals surface area contributed by atoms with Crippen LogP contribution in [0.2, 0.25) is 5.02 Å². The molecule has 0 saturated carbocycles. The van der Waals surface area contributed by atoms with Gasteiger partial charge in [0.1, 0.15) is 0 Å². The second-order valence-electron chi connectivity index (χ2n) is 5.39. The van der Waals surface area contributed by atoms with Gasteiger partial charge in [-0.2, -0.15) is 0 Å². The van der Waals surface area contributed by atoms with E-state index in [9.17, 15) is 0 Å². The van der Waals surface area contributed by atoms with Gasteiger partial charge in [0.2, 0.25) is 0 Å². The molecule has 1 fully saturated rings. The van der Waals surface area contributed by atoms with Crippen LogP contribution in [0.4, 0.5) is 11.5 Å². The summed E-state index contributed by atoms with van der Waals surface area (Å²) < 4.78 is 0. The van der Waals surface area contributed by atoms with E-state index in [1.807, 2.05) is 24.3 Å². The van der Waals surface area contributed by atoms with Crippen molar-refractivity contribution in [3.8, 4) is 11.3 Å². The van der Waals surface area contributed by atoms with Gasteiger partial charge in [-0.15, -0.1) is 10.2 Å². The first-order valence-corrected chi connectivity index (χ1v) is 7.76. The van der Waals surface area contributed by atoms with Gasteiger partial charge >= 0.3 is 0 Å². The third-order valence-electron chi connectivity index (χ3n) is 3.89. The molecule has 1 aromatic carbocycles. The van der Waals surface area contributed by atoms with E-state index in [-0.39, 0.29) is 0 Å². The van der Waals surface area contributed by atoms with Crippen LogP contribution in [0, 0.1) is 0 Å². The molecule has 2 N–H and O–H groups in total. The van der Waals surface area contributed by atoms with Crippen LogP contribution in [-0.2, 0) is 0 Å². The molecule has 5 heteroatoms. The van der Waals surface area contributed by atoms with Crippen LogP contribution in [0.5, 0.6) is 0 Å². The number of hydrogen-bond donors (Lipinski definition) is 1. The van der Waals surface area contributed by atoms with E-state index in [0.717, 1.165) is 30.2 Å². The molecule has 0 bridgehead atoms. The largest absolute Gasteiger partial charge is 0.398 e. The monoisotopic (exact) mass is 302 g/mol. The van der Waals surface area contributed by atoms with Gasteiger partial charge in [-0.05, 0) is 31.0 Å². The quantitative estimate of drug-likeness (QED) is 0.858. The Morgan fingerprint density at radius 2 is 1.71 bits per heavy atom. The molecule has 0 radical (unpaired) electrons. The third kappa shape index (κ3) is 3.10. The SMILES string of the molecule is Nc1cccc(-c2ccc(N3CCCCCC3)nn2)c1Cl. The number of nitrogens with zero attached hydrogens (tertiary/aromatic N) is 3. The van der Waals surface area contributed by atoms with Gasteiger partial charge in [-0.3, -0.25) is 0 Å². The Morgan fingerprint density at radius 1 is 0.952 bits per heavy atom. The van der Waals surface area contributed by atoms with Gasteiger partial charge in [-0.1, -0.05) is 36.6 Å². The summed E-state index contributed by atoms with van der Waals surface area (Å²) in [6.07, 6.45) is 5.07. The van der Waals surface area contributed by atoms with Crippen LogP contribution < -0.4 is 10.6 Å². The standard InChI is InChI=1S/C16H19ClN4/c17-16-12(6-5-7-13(16)18)14-8-9-15(20-19-14)21-10-3-1-2-4-11-21/h5-9H,1-4,10-11,18H2. The first-order chi connectivity index (χ1) is 10.3. The minimum Gasteiger partial charge on any atom is -0.398 e. The van der Waals surface area contributed by atoms with Gasteiger partial charge < -0.3 is 10.6 Å². The summed E-state index contributed by atoms with van der Waals surface area (Å²) >= 11 is 6.23. The molecule has 110 valence electrons. The second-order valence-corrected chi connectivity index (χ2v) is 5.76. The fourth-order valence-corrected chi connectivity index (χ4v) is 2.91. The molecule has 3 rings (SSSR count). The summed E-state index contributed by atoms with van der Waals surface area (Å²) in [7, 11) is 0. The van der Waals surface area contributed by atoms with Gasteiger partial charge in [0.05, 0.1) is 16.4 Å². The zero-order valence-corrected chi connectivity index (χ0v) is 12.7. The number of nitrogens with two attached hydrogens (primary N) is 1. The Hall–Kier alpha value is -1.81. The molecular formula is C16H19ClN4. The second kappa shape index (κ2) is 6.31. The predicted octanol–water partition coefficient (Wildman–Crippen LogP) is 3.76. The van der Waals surface area contributed by atoms with Crippen LogP contribution in [0.3, 0.4) is 0 Å². The minimum atomic E-state index is 0.536. The Kier molecular flexibility index (Phi) is 4.25. The summed E-state index contributed by atoms with van der Waals surface area (Å²) in [4.78, 5) is 2.31. The van der Waals surface area contributed by atoms with E-state index in [0.29, 0.717) is 10.7 Å². The highest BCUT2D eigenvalue weighted by atomic mass is 35.5. The molecule has 1 aliphatic rings. The highest BCUT2D eigenvalue weighted by Gasteiger charge is 2.13. The summed E-state index contributed by atoms with van der Waals surface area (Å²) in [5.41, 5.74) is 7.98. The van der Waals surface area contributed by atoms with E-state index in [1.54, 1.807) is 6.07 Å². The zero-order valence-electron chi connectivity index (χ0n) is 11.9. The number of hydrogen-bond acceptors (Lipinski definition) is 4. The van der Waals surface area contributed by atoms with Crippen molar-refractivity contribution in [2.75, 3.05) is 23.7 Å². The first kappa shape index (κ1) is 14.1. The van der Waals surface area contributed by atoms with Crippen molar-refractivity contribution in [2.45, 2.75) is 25.7 Å². The molecule has 4 nitrogen and oxygen atoms in total. The molecule has 1 aromatic heterocycles. The van der Waals surface area contributed by atoms with Gasteiger partial charge in [0, 0.05) is 18.7 Å². The molecule has 0 aliphatic carbocycles. The van der Waals surface area contributed by atoms with Crippen molar-refractivity contribution < 1.29 is 0 Å². The van der Waals surface area contributed by atoms with Crippen molar-refractivity contribution in [1.82, 2.24) is 10.2 Å². The van der Waals surface area contributed by atoms with Gasteiger partial charge in [0.15, 0.2) is 5.82 Å². The predicted molar refractivity (Wildman–Crippen MR) is 87.6 cm³/mol. The average molecular weight is 303 g/mol. The molecule has 0 atom stereocenters. The number of benzene rings is 1. The fourth-order valence-electron chi connectivity index (χ4n) is 2.68. The van der Waals surface area contributed by atoms with Crippen molar-refractivity contribution in [2.24, 2.45) is 0 Å². The molecule has 2 aromatic rings. The number of rotatable bonds is 2. The van der Waals surface area contributed by atoms with E-state index in [4.69, 9.17) is 17.3 Å². The minimum absolute atomic E-state index is 0.536. The Labute approximate surface area is 129 Å². The van der Waals surface area contributed by atoms with Crippen LogP contribution in [0.15, 0.2) is 30.3 Å². The number of halogens is 1. The highest BCUT2D eigenvalue weighted by molar-refractivity contribution is 6.35. The van der Waals surface area contributed by atoms with E-state index in [2.05, 4.69) is 15.1 Å². The molecule has 0 spiro atoms. The first-order valence-electron chi connectivity index (χ1n) is 7.39. The normalized spacial score (nSPS) is 15.8. The number of nitrogen functional groups attached to an aromatic ring is 1. The fraction of sp³-hybridized carbons (Fsp3) is 0.375. The number of aromatic nitrogens is 2. The Morgan fingerprint density at radius 3 is 2.38 bits per heavy atom. The molecular weight excluding hydrogens is 284 g/mol. The molecule has 21 heavy (non-hydrogen) atoms. The molecule has 1 saturated heterocycles. The lowest BCUT2D eigenvalue weighted by Gasteiger charge is -2.20.